The minimum Gasteiger partial charge on any atom is -0.466 e. The lowest BCUT2D eigenvalue weighted by atomic mass is 10.1. The van der Waals surface area contributed by atoms with E-state index in [2.05, 4.69) is 0 Å². The fourth-order valence-corrected chi connectivity index (χ4v) is 6.83. The summed E-state index contributed by atoms with van der Waals surface area (Å²) >= 11 is 0. The van der Waals surface area contributed by atoms with Gasteiger partial charge in [-0.3, -0.25) is 9.59 Å². The van der Waals surface area contributed by atoms with Gasteiger partial charge in [0.2, 0.25) is 0 Å². The largest absolute Gasteiger partial charge is 0.500 e. The predicted molar refractivity (Wildman–Crippen MR) is 131 cm³/mol. The summed E-state index contributed by atoms with van der Waals surface area (Å²) < 4.78 is 42.6. The number of ether oxygens (including phenoxy) is 2. The first kappa shape index (κ1) is 33.1. The summed E-state index contributed by atoms with van der Waals surface area (Å²) in [6, 6.07) is 1.21. The second-order valence-corrected chi connectivity index (χ2v) is 14.0. The molecule has 0 aliphatic carbocycles. The first-order valence-corrected chi connectivity index (χ1v) is 15.8. The lowest BCUT2D eigenvalue weighted by Gasteiger charge is -2.24. The molecule has 0 heterocycles. The van der Waals surface area contributed by atoms with Crippen molar-refractivity contribution < 1.29 is 45.6 Å². The van der Waals surface area contributed by atoms with Gasteiger partial charge in [-0.1, -0.05) is 25.7 Å². The molecule has 0 unspecified atom stereocenters. The van der Waals surface area contributed by atoms with Gasteiger partial charge in [0.05, 0.1) is 13.2 Å². The molecule has 0 saturated heterocycles. The van der Waals surface area contributed by atoms with Crippen molar-refractivity contribution in [1.29, 1.82) is 0 Å². The third kappa shape index (κ3) is 14.5. The highest BCUT2D eigenvalue weighted by Gasteiger charge is 2.37. The van der Waals surface area contributed by atoms with Crippen LogP contribution < -0.4 is 0 Å². The van der Waals surface area contributed by atoms with E-state index in [9.17, 15) is 9.59 Å². The summed E-state index contributed by atoms with van der Waals surface area (Å²) in [7, 11) is 4.21. The highest BCUT2D eigenvalue weighted by Crippen LogP contribution is 2.16. The molecule has 0 amide bonds. The molecule has 34 heavy (non-hydrogen) atoms. The van der Waals surface area contributed by atoms with Crippen LogP contribution in [0.15, 0.2) is 0 Å². The second kappa shape index (κ2) is 20.3. The van der Waals surface area contributed by atoms with Gasteiger partial charge in [-0.25, -0.2) is 0 Å². The second-order valence-electron chi connectivity index (χ2n) is 7.86. The van der Waals surface area contributed by atoms with Crippen molar-refractivity contribution in [2.75, 3.05) is 55.9 Å². The molecular weight excluding hydrogens is 480 g/mol. The molecule has 12 heteroatoms. The third-order valence-electron chi connectivity index (χ3n) is 5.66. The van der Waals surface area contributed by atoms with Crippen LogP contribution in [0.2, 0.25) is 12.1 Å². The fourth-order valence-electron chi connectivity index (χ4n) is 3.45. The van der Waals surface area contributed by atoms with Crippen LogP contribution in [-0.4, -0.2) is 85.4 Å². The average molecular weight is 527 g/mol. The topological polar surface area (TPSA) is 108 Å². The van der Waals surface area contributed by atoms with Crippen LogP contribution in [-0.2, 0) is 45.6 Å². The predicted octanol–water partition coefficient (Wildman–Crippen LogP) is 3.73. The quantitative estimate of drug-likeness (QED) is 0.111. The van der Waals surface area contributed by atoms with Crippen molar-refractivity contribution in [3.8, 4) is 0 Å². The molecule has 0 aliphatic rings. The van der Waals surface area contributed by atoms with E-state index in [4.69, 9.17) is 36.0 Å². The Kier molecular flexibility index (Phi) is 19.8. The van der Waals surface area contributed by atoms with Crippen molar-refractivity contribution in [2.45, 2.75) is 76.3 Å². The molecular formula is C22H46O10Si2. The zero-order valence-electron chi connectivity index (χ0n) is 22.0. The van der Waals surface area contributed by atoms with Gasteiger partial charge in [0, 0.05) is 67.6 Å². The van der Waals surface area contributed by atoms with Crippen molar-refractivity contribution in [1.82, 2.24) is 0 Å². The van der Waals surface area contributed by atoms with E-state index in [0.29, 0.717) is 51.0 Å². The van der Waals surface area contributed by atoms with E-state index in [-0.39, 0.29) is 11.9 Å². The van der Waals surface area contributed by atoms with Gasteiger partial charge in [-0.2, -0.15) is 0 Å². The molecule has 0 aliphatic heterocycles. The van der Waals surface area contributed by atoms with Crippen LogP contribution in [0, 0.1) is 0 Å². The molecule has 0 saturated carbocycles. The number of hydrogen-bond donors (Lipinski definition) is 0. The van der Waals surface area contributed by atoms with Crippen LogP contribution in [0.1, 0.15) is 64.2 Å². The molecule has 10 nitrogen and oxygen atoms in total. The smallest absolute Gasteiger partial charge is 0.466 e. The van der Waals surface area contributed by atoms with Crippen LogP contribution in [0.25, 0.3) is 0 Å². The number of esters is 2. The van der Waals surface area contributed by atoms with E-state index in [1.165, 1.54) is 0 Å². The molecule has 0 radical (unpaired) electrons. The summed E-state index contributed by atoms with van der Waals surface area (Å²) in [5, 5.41) is 0. The number of rotatable bonds is 23. The normalized spacial score (nSPS) is 12.1. The third-order valence-corrected chi connectivity index (χ3v) is 11.3. The Balaban J connectivity index is 3.62. The molecule has 0 atom stereocenters. The molecule has 0 fully saturated rings. The zero-order valence-corrected chi connectivity index (χ0v) is 24.0. The summed E-state index contributed by atoms with van der Waals surface area (Å²) in [5.74, 6) is -0.354. The Morgan fingerprint density at radius 1 is 0.471 bits per heavy atom. The Bertz CT molecular complexity index is 465. The van der Waals surface area contributed by atoms with Gasteiger partial charge in [0.15, 0.2) is 0 Å². The highest BCUT2D eigenvalue weighted by molar-refractivity contribution is 6.60. The van der Waals surface area contributed by atoms with Crippen molar-refractivity contribution >= 4 is 29.5 Å². The van der Waals surface area contributed by atoms with E-state index in [1.54, 1.807) is 42.7 Å². The van der Waals surface area contributed by atoms with Crippen molar-refractivity contribution in [3.63, 3.8) is 0 Å². The molecule has 0 aromatic heterocycles. The van der Waals surface area contributed by atoms with E-state index in [1.807, 2.05) is 0 Å². The van der Waals surface area contributed by atoms with Gasteiger partial charge < -0.3 is 36.0 Å². The number of carbonyl (C=O) groups is 2. The summed E-state index contributed by atoms with van der Waals surface area (Å²) in [6.07, 6.45) is 7.75. The fraction of sp³-hybridized carbons (Fsp3) is 0.909. The molecule has 0 spiro atoms. The van der Waals surface area contributed by atoms with Gasteiger partial charge in [-0.15, -0.1) is 0 Å². The lowest BCUT2D eigenvalue weighted by molar-refractivity contribution is -0.144. The maximum absolute atomic E-state index is 11.8. The number of carbonyl (C=O) groups excluding carboxylic acids is 2. The van der Waals surface area contributed by atoms with Gasteiger partial charge in [0.1, 0.15) is 0 Å². The maximum atomic E-state index is 11.8. The average Bonchev–Trinajstić information content (AvgIpc) is 2.86. The van der Waals surface area contributed by atoms with E-state index >= 15 is 0 Å². The van der Waals surface area contributed by atoms with Gasteiger partial charge in [0.25, 0.3) is 0 Å². The minimum absolute atomic E-state index is 0.177. The summed E-state index contributed by atoms with van der Waals surface area (Å²) in [4.78, 5) is 23.7. The van der Waals surface area contributed by atoms with Crippen LogP contribution >= 0.6 is 0 Å². The minimum atomic E-state index is -2.60. The number of hydrogen-bond acceptors (Lipinski definition) is 10. The van der Waals surface area contributed by atoms with E-state index < -0.39 is 17.6 Å². The molecule has 0 aromatic carbocycles. The Morgan fingerprint density at radius 2 is 0.765 bits per heavy atom. The standard InChI is InChI=1S/C22H46O10Si2/c1-25-33(26-2,27-3)19-13-17-31-21(23)15-11-9-7-8-10-12-16-22(24)32-18-14-20-34(28-4,29-5)30-6/h7-20H2,1-6H3. The monoisotopic (exact) mass is 526 g/mol. The van der Waals surface area contributed by atoms with Crippen molar-refractivity contribution in [2.24, 2.45) is 0 Å². The zero-order chi connectivity index (χ0) is 25.7. The molecule has 0 N–H and O–H groups in total. The molecule has 0 rings (SSSR count). The van der Waals surface area contributed by atoms with Crippen LogP contribution in [0.3, 0.4) is 0 Å². The molecule has 0 bridgehead atoms. The number of unbranched alkanes of at least 4 members (excludes halogenated alkanes) is 5. The van der Waals surface area contributed by atoms with Crippen molar-refractivity contribution in [3.05, 3.63) is 0 Å². The van der Waals surface area contributed by atoms with Crippen LogP contribution in [0.4, 0.5) is 0 Å². The molecule has 202 valence electrons. The van der Waals surface area contributed by atoms with Gasteiger partial charge in [-0.05, 0) is 25.7 Å². The Labute approximate surface area is 207 Å². The first-order chi connectivity index (χ1) is 16.4. The van der Waals surface area contributed by atoms with Gasteiger partial charge >= 0.3 is 29.5 Å². The summed E-state index contributed by atoms with van der Waals surface area (Å²) in [5.41, 5.74) is 0. The Morgan fingerprint density at radius 3 is 1.06 bits per heavy atom. The Hall–Kier alpha value is -0.866. The molecule has 0 aromatic rings. The van der Waals surface area contributed by atoms with E-state index in [0.717, 1.165) is 38.5 Å². The first-order valence-electron chi connectivity index (χ1n) is 12.0. The highest BCUT2D eigenvalue weighted by atomic mass is 28.4. The lowest BCUT2D eigenvalue weighted by Crippen LogP contribution is -2.42. The SMILES string of the molecule is CO[Si](CCCOC(=O)CCCCCCCCC(=O)OCCC[Si](OC)(OC)OC)(OC)OC. The maximum Gasteiger partial charge on any atom is 0.500 e. The summed E-state index contributed by atoms with van der Waals surface area (Å²) in [6.45, 7) is 0.682. The van der Waals surface area contributed by atoms with Crippen LogP contribution in [0.5, 0.6) is 0 Å².